The fraction of sp³-hybridized carbons (Fsp3) is 0.267. The molecule has 1 aromatic carbocycles. The van der Waals surface area contributed by atoms with Crippen LogP contribution in [0.1, 0.15) is 24.3 Å². The summed E-state index contributed by atoms with van der Waals surface area (Å²) < 4.78 is 1.62. The van der Waals surface area contributed by atoms with Crippen molar-refractivity contribution >= 4 is 11.9 Å². The minimum absolute atomic E-state index is 0.209. The molecule has 2 N–H and O–H groups in total. The monoisotopic (exact) mass is 287 g/mol. The molecule has 1 atom stereocenters. The molecule has 0 saturated heterocycles. The van der Waals surface area contributed by atoms with Crippen LogP contribution in [0.2, 0.25) is 0 Å². The quantitative estimate of drug-likeness (QED) is 0.876. The third-order valence-corrected chi connectivity index (χ3v) is 3.12. The number of aromatic nitrogens is 2. The van der Waals surface area contributed by atoms with Crippen LogP contribution in [0.3, 0.4) is 0 Å². The fourth-order valence-corrected chi connectivity index (χ4v) is 1.99. The minimum atomic E-state index is -1.05. The standard InChI is InChI=1S/C15H17N3O3/c1-10(2)13(15(20)21)17-14(19)12-8-16-9-18(12)11-6-4-3-5-7-11/h3-10,13H,1-2H3,(H,17,19)(H,20,21)/t13-/m0/s1. The van der Waals surface area contributed by atoms with Gasteiger partial charge in [0, 0.05) is 5.69 Å². The number of hydrogen-bond donors (Lipinski definition) is 2. The number of carbonyl (C=O) groups is 2. The summed E-state index contributed by atoms with van der Waals surface area (Å²) >= 11 is 0. The fourth-order valence-electron chi connectivity index (χ4n) is 1.99. The van der Waals surface area contributed by atoms with Crippen LogP contribution in [0.15, 0.2) is 42.9 Å². The van der Waals surface area contributed by atoms with Crippen molar-refractivity contribution < 1.29 is 14.7 Å². The van der Waals surface area contributed by atoms with Gasteiger partial charge in [-0.25, -0.2) is 9.78 Å². The summed E-state index contributed by atoms with van der Waals surface area (Å²) in [5.41, 5.74) is 1.09. The van der Waals surface area contributed by atoms with Crippen LogP contribution < -0.4 is 5.32 Å². The van der Waals surface area contributed by atoms with Gasteiger partial charge in [-0.15, -0.1) is 0 Å². The topological polar surface area (TPSA) is 84.2 Å². The van der Waals surface area contributed by atoms with Crippen LogP contribution in [0, 0.1) is 5.92 Å². The molecule has 2 rings (SSSR count). The number of carboxylic acids is 1. The second-order valence-electron chi connectivity index (χ2n) is 5.02. The zero-order chi connectivity index (χ0) is 15.4. The van der Waals surface area contributed by atoms with Crippen molar-refractivity contribution in [1.82, 2.24) is 14.9 Å². The van der Waals surface area contributed by atoms with Crippen LogP contribution in [0.25, 0.3) is 5.69 Å². The molecule has 0 aliphatic carbocycles. The molecular formula is C15H17N3O3. The number of aliphatic carboxylic acids is 1. The maximum atomic E-state index is 12.3. The molecule has 1 heterocycles. The smallest absolute Gasteiger partial charge is 0.326 e. The molecule has 0 aliphatic heterocycles. The van der Waals surface area contributed by atoms with Gasteiger partial charge in [-0.3, -0.25) is 9.36 Å². The second-order valence-corrected chi connectivity index (χ2v) is 5.02. The Kier molecular flexibility index (Phi) is 4.37. The Hall–Kier alpha value is -2.63. The van der Waals surface area contributed by atoms with Crippen molar-refractivity contribution in [2.75, 3.05) is 0 Å². The van der Waals surface area contributed by atoms with Gasteiger partial charge < -0.3 is 10.4 Å². The molecule has 0 spiro atoms. The van der Waals surface area contributed by atoms with Crippen molar-refractivity contribution in [3.05, 3.63) is 48.5 Å². The van der Waals surface area contributed by atoms with Gasteiger partial charge in [0.05, 0.1) is 12.5 Å². The first-order valence-corrected chi connectivity index (χ1v) is 6.62. The van der Waals surface area contributed by atoms with E-state index in [1.54, 1.807) is 18.4 Å². The molecule has 0 radical (unpaired) electrons. The first kappa shape index (κ1) is 14.8. The molecule has 1 aromatic heterocycles. The van der Waals surface area contributed by atoms with Gasteiger partial charge in [0.15, 0.2) is 0 Å². The molecule has 0 aliphatic rings. The molecule has 110 valence electrons. The van der Waals surface area contributed by atoms with E-state index in [-0.39, 0.29) is 5.92 Å². The average molecular weight is 287 g/mol. The normalized spacial score (nSPS) is 12.1. The molecule has 0 unspecified atom stereocenters. The van der Waals surface area contributed by atoms with E-state index in [2.05, 4.69) is 10.3 Å². The van der Waals surface area contributed by atoms with E-state index in [9.17, 15) is 9.59 Å². The lowest BCUT2D eigenvalue weighted by atomic mass is 10.0. The number of rotatable bonds is 5. The molecule has 6 nitrogen and oxygen atoms in total. The number of carboxylic acid groups (broad SMARTS) is 1. The van der Waals surface area contributed by atoms with Gasteiger partial charge in [0.2, 0.25) is 0 Å². The SMILES string of the molecule is CC(C)[C@H](NC(=O)c1cncn1-c1ccccc1)C(=O)O. The van der Waals surface area contributed by atoms with Crippen LogP contribution in [-0.2, 0) is 4.79 Å². The molecule has 0 saturated carbocycles. The van der Waals surface area contributed by atoms with E-state index in [1.165, 1.54) is 12.5 Å². The summed E-state index contributed by atoms with van der Waals surface area (Å²) in [6.07, 6.45) is 2.94. The third kappa shape index (κ3) is 3.28. The van der Waals surface area contributed by atoms with Crippen LogP contribution in [0.4, 0.5) is 0 Å². The van der Waals surface area contributed by atoms with E-state index < -0.39 is 17.9 Å². The number of amides is 1. The van der Waals surface area contributed by atoms with Crippen LogP contribution >= 0.6 is 0 Å². The molecule has 21 heavy (non-hydrogen) atoms. The Balaban J connectivity index is 2.25. The third-order valence-electron chi connectivity index (χ3n) is 3.12. The lowest BCUT2D eigenvalue weighted by molar-refractivity contribution is -0.140. The van der Waals surface area contributed by atoms with Crippen LogP contribution in [0.5, 0.6) is 0 Å². The zero-order valence-corrected chi connectivity index (χ0v) is 11.9. The summed E-state index contributed by atoms with van der Waals surface area (Å²) in [7, 11) is 0. The number of hydrogen-bond acceptors (Lipinski definition) is 3. The van der Waals surface area contributed by atoms with Gasteiger partial charge in [0.1, 0.15) is 11.7 Å². The van der Waals surface area contributed by atoms with Gasteiger partial charge >= 0.3 is 5.97 Å². The summed E-state index contributed by atoms with van der Waals surface area (Å²) in [4.78, 5) is 27.4. The Bertz CT molecular complexity index is 635. The summed E-state index contributed by atoms with van der Waals surface area (Å²) in [6, 6.07) is 8.33. The number of carbonyl (C=O) groups excluding carboxylic acids is 1. The number of nitrogens with zero attached hydrogens (tertiary/aromatic N) is 2. The van der Waals surface area contributed by atoms with Crippen molar-refractivity contribution in [3.8, 4) is 5.69 Å². The van der Waals surface area contributed by atoms with E-state index >= 15 is 0 Å². The van der Waals surface area contributed by atoms with E-state index in [4.69, 9.17) is 5.11 Å². The predicted molar refractivity (Wildman–Crippen MR) is 77.3 cm³/mol. The van der Waals surface area contributed by atoms with Gasteiger partial charge in [0.25, 0.3) is 5.91 Å². The highest BCUT2D eigenvalue weighted by Gasteiger charge is 2.25. The lowest BCUT2D eigenvalue weighted by Gasteiger charge is -2.18. The number of imidazole rings is 1. The van der Waals surface area contributed by atoms with Crippen LogP contribution in [-0.4, -0.2) is 32.6 Å². The maximum Gasteiger partial charge on any atom is 0.326 e. The Morgan fingerprint density at radius 3 is 2.48 bits per heavy atom. The van der Waals surface area contributed by atoms with Crippen molar-refractivity contribution in [2.24, 2.45) is 5.92 Å². The molecule has 0 bridgehead atoms. The minimum Gasteiger partial charge on any atom is -0.480 e. The molecule has 0 fully saturated rings. The average Bonchev–Trinajstić information content (AvgIpc) is 2.94. The van der Waals surface area contributed by atoms with Gasteiger partial charge in [-0.1, -0.05) is 32.0 Å². The first-order valence-electron chi connectivity index (χ1n) is 6.62. The maximum absolute atomic E-state index is 12.3. The Morgan fingerprint density at radius 1 is 1.24 bits per heavy atom. The molecule has 1 amide bonds. The number of benzene rings is 1. The van der Waals surface area contributed by atoms with Crippen molar-refractivity contribution in [3.63, 3.8) is 0 Å². The molecular weight excluding hydrogens is 270 g/mol. The van der Waals surface area contributed by atoms with Gasteiger partial charge in [-0.05, 0) is 18.1 Å². The highest BCUT2D eigenvalue weighted by Crippen LogP contribution is 2.11. The van der Waals surface area contributed by atoms with Gasteiger partial charge in [-0.2, -0.15) is 0 Å². The summed E-state index contributed by atoms with van der Waals surface area (Å²) in [5, 5.41) is 11.7. The summed E-state index contributed by atoms with van der Waals surface area (Å²) in [5.74, 6) is -1.72. The number of para-hydroxylation sites is 1. The lowest BCUT2D eigenvalue weighted by Crippen LogP contribution is -2.44. The highest BCUT2D eigenvalue weighted by molar-refractivity contribution is 5.95. The Labute approximate surface area is 122 Å². The second kappa shape index (κ2) is 6.21. The summed E-state index contributed by atoms with van der Waals surface area (Å²) in [6.45, 7) is 3.49. The Morgan fingerprint density at radius 2 is 1.90 bits per heavy atom. The van der Waals surface area contributed by atoms with E-state index in [0.717, 1.165) is 5.69 Å². The van der Waals surface area contributed by atoms with Crippen molar-refractivity contribution in [2.45, 2.75) is 19.9 Å². The van der Waals surface area contributed by atoms with E-state index in [1.807, 2.05) is 30.3 Å². The van der Waals surface area contributed by atoms with Crippen molar-refractivity contribution in [1.29, 1.82) is 0 Å². The predicted octanol–water partition coefficient (Wildman–Crippen LogP) is 1.71. The molecule has 6 heteroatoms. The van der Waals surface area contributed by atoms with E-state index in [0.29, 0.717) is 5.69 Å². The molecule has 2 aromatic rings. The zero-order valence-electron chi connectivity index (χ0n) is 11.9. The number of nitrogens with one attached hydrogen (secondary N) is 1. The highest BCUT2D eigenvalue weighted by atomic mass is 16.4. The first-order chi connectivity index (χ1) is 10.0. The largest absolute Gasteiger partial charge is 0.480 e.